The van der Waals surface area contributed by atoms with E-state index in [1.807, 2.05) is 31.2 Å². The van der Waals surface area contributed by atoms with E-state index in [1.165, 1.54) is 12.1 Å². The molecule has 0 aliphatic rings. The largest absolute Gasteiger partial charge is 0.416 e. The molecule has 0 spiro atoms. The molecule has 0 atom stereocenters. The molecule has 3 aromatic rings. The van der Waals surface area contributed by atoms with E-state index in [9.17, 15) is 13.2 Å². The summed E-state index contributed by atoms with van der Waals surface area (Å²) in [5.74, 6) is 0. The lowest BCUT2D eigenvalue weighted by Crippen LogP contribution is -2.06. The SMILES string of the molecule is C=C(N)c1ccc2cc(C)n(Cc3ccc(C(F)(F)F)cc3)c2c1. The van der Waals surface area contributed by atoms with Crippen molar-refractivity contribution < 1.29 is 13.2 Å². The van der Waals surface area contributed by atoms with Crippen LogP contribution in [0.2, 0.25) is 0 Å². The minimum atomic E-state index is -4.31. The average molecular weight is 330 g/mol. The quantitative estimate of drug-likeness (QED) is 0.724. The number of hydrogen-bond acceptors (Lipinski definition) is 1. The lowest BCUT2D eigenvalue weighted by atomic mass is 10.1. The summed E-state index contributed by atoms with van der Waals surface area (Å²) in [6.45, 7) is 6.21. The van der Waals surface area contributed by atoms with Crippen molar-refractivity contribution in [3.8, 4) is 0 Å². The Hall–Kier alpha value is -2.69. The summed E-state index contributed by atoms with van der Waals surface area (Å²) in [5.41, 5.74) is 9.27. The molecule has 1 heterocycles. The van der Waals surface area contributed by atoms with Gasteiger partial charge in [0.2, 0.25) is 0 Å². The van der Waals surface area contributed by atoms with Crippen LogP contribution >= 0.6 is 0 Å². The fourth-order valence-electron chi connectivity index (χ4n) is 2.78. The number of aromatic nitrogens is 1. The third kappa shape index (κ3) is 3.02. The van der Waals surface area contributed by atoms with Gasteiger partial charge in [-0.15, -0.1) is 0 Å². The molecule has 0 amide bonds. The molecule has 0 saturated carbocycles. The number of aryl methyl sites for hydroxylation is 1. The molecule has 3 rings (SSSR count). The van der Waals surface area contributed by atoms with Gasteiger partial charge in [0.15, 0.2) is 0 Å². The van der Waals surface area contributed by atoms with Crippen molar-refractivity contribution >= 4 is 16.6 Å². The van der Waals surface area contributed by atoms with Crippen LogP contribution in [0, 0.1) is 6.92 Å². The molecule has 0 unspecified atom stereocenters. The van der Waals surface area contributed by atoms with E-state index < -0.39 is 11.7 Å². The van der Waals surface area contributed by atoms with Gasteiger partial charge in [0, 0.05) is 23.5 Å². The third-order valence-electron chi connectivity index (χ3n) is 4.10. The molecule has 0 bridgehead atoms. The summed E-state index contributed by atoms with van der Waals surface area (Å²) in [5, 5.41) is 1.06. The number of rotatable bonds is 3. The molecule has 2 nitrogen and oxygen atoms in total. The molecule has 0 aliphatic carbocycles. The highest BCUT2D eigenvalue weighted by atomic mass is 19.4. The second kappa shape index (κ2) is 5.74. The molecule has 0 radical (unpaired) electrons. The van der Waals surface area contributed by atoms with Crippen LogP contribution in [0.1, 0.15) is 22.4 Å². The van der Waals surface area contributed by atoms with E-state index in [1.54, 1.807) is 0 Å². The van der Waals surface area contributed by atoms with Crippen LogP contribution in [0.15, 0.2) is 55.1 Å². The number of fused-ring (bicyclic) bond motifs is 1. The summed E-state index contributed by atoms with van der Waals surface area (Å²) in [6.07, 6.45) is -4.31. The van der Waals surface area contributed by atoms with E-state index in [0.717, 1.165) is 39.9 Å². The second-order valence-corrected chi connectivity index (χ2v) is 5.87. The predicted molar refractivity (Wildman–Crippen MR) is 90.4 cm³/mol. The maximum Gasteiger partial charge on any atom is 0.416 e. The maximum absolute atomic E-state index is 12.7. The average Bonchev–Trinajstić information content (AvgIpc) is 2.82. The topological polar surface area (TPSA) is 30.9 Å². The monoisotopic (exact) mass is 330 g/mol. The maximum atomic E-state index is 12.7. The van der Waals surface area contributed by atoms with Gasteiger partial charge in [-0.1, -0.05) is 30.8 Å². The summed E-state index contributed by atoms with van der Waals surface area (Å²) in [4.78, 5) is 0. The summed E-state index contributed by atoms with van der Waals surface area (Å²) in [7, 11) is 0. The van der Waals surface area contributed by atoms with Crippen LogP contribution in [-0.2, 0) is 12.7 Å². The second-order valence-electron chi connectivity index (χ2n) is 5.87. The van der Waals surface area contributed by atoms with Gasteiger partial charge in [-0.2, -0.15) is 13.2 Å². The summed E-state index contributed by atoms with van der Waals surface area (Å²) >= 11 is 0. The first-order valence-electron chi connectivity index (χ1n) is 7.46. The lowest BCUT2D eigenvalue weighted by Gasteiger charge is -2.11. The van der Waals surface area contributed by atoms with Crippen molar-refractivity contribution in [1.29, 1.82) is 0 Å². The van der Waals surface area contributed by atoms with E-state index in [2.05, 4.69) is 11.1 Å². The highest BCUT2D eigenvalue weighted by Crippen LogP contribution is 2.29. The van der Waals surface area contributed by atoms with Gasteiger partial charge in [0.05, 0.1) is 5.56 Å². The van der Waals surface area contributed by atoms with Crippen LogP contribution in [0.5, 0.6) is 0 Å². The molecular formula is C19H17F3N2. The van der Waals surface area contributed by atoms with Crippen LogP contribution in [0.3, 0.4) is 0 Å². The minimum Gasteiger partial charge on any atom is -0.399 e. The first kappa shape index (κ1) is 16.2. The third-order valence-corrected chi connectivity index (χ3v) is 4.10. The van der Waals surface area contributed by atoms with Gasteiger partial charge >= 0.3 is 6.18 Å². The fraction of sp³-hybridized carbons (Fsp3) is 0.158. The molecule has 1 aromatic heterocycles. The molecule has 0 saturated heterocycles. The van der Waals surface area contributed by atoms with E-state index in [4.69, 9.17) is 5.73 Å². The van der Waals surface area contributed by atoms with E-state index in [0.29, 0.717) is 12.2 Å². The molecule has 2 N–H and O–H groups in total. The van der Waals surface area contributed by atoms with Crippen LogP contribution in [0.4, 0.5) is 13.2 Å². The predicted octanol–water partition coefficient (Wildman–Crippen LogP) is 4.95. The number of nitrogens with two attached hydrogens (primary N) is 1. The summed E-state index contributed by atoms with van der Waals surface area (Å²) < 4.78 is 40.1. The molecule has 0 aliphatic heterocycles. The van der Waals surface area contributed by atoms with Crippen molar-refractivity contribution in [2.75, 3.05) is 0 Å². The van der Waals surface area contributed by atoms with E-state index in [-0.39, 0.29) is 0 Å². The summed E-state index contributed by atoms with van der Waals surface area (Å²) in [6, 6.07) is 13.1. The molecular weight excluding hydrogens is 313 g/mol. The first-order valence-corrected chi connectivity index (χ1v) is 7.46. The van der Waals surface area contributed by atoms with E-state index >= 15 is 0 Å². The van der Waals surface area contributed by atoms with Crippen LogP contribution in [-0.4, -0.2) is 4.57 Å². The van der Waals surface area contributed by atoms with Crippen molar-refractivity contribution in [3.63, 3.8) is 0 Å². The lowest BCUT2D eigenvalue weighted by molar-refractivity contribution is -0.137. The molecule has 124 valence electrons. The Kier molecular flexibility index (Phi) is 3.87. The van der Waals surface area contributed by atoms with Gasteiger partial charge in [0.25, 0.3) is 0 Å². The molecule has 2 aromatic carbocycles. The Bertz CT molecular complexity index is 903. The number of alkyl halides is 3. The normalized spacial score (nSPS) is 11.8. The van der Waals surface area contributed by atoms with Gasteiger partial charge in [-0.05, 0) is 47.7 Å². The van der Waals surface area contributed by atoms with Crippen molar-refractivity contribution in [3.05, 3.63) is 77.5 Å². The Morgan fingerprint density at radius 1 is 1.08 bits per heavy atom. The van der Waals surface area contributed by atoms with Gasteiger partial charge in [-0.3, -0.25) is 0 Å². The van der Waals surface area contributed by atoms with Crippen LogP contribution < -0.4 is 5.73 Å². The number of halogens is 3. The first-order chi connectivity index (χ1) is 11.3. The zero-order valence-electron chi connectivity index (χ0n) is 13.2. The molecule has 5 heteroatoms. The molecule has 0 fully saturated rings. The number of hydrogen-bond donors (Lipinski definition) is 1. The Balaban J connectivity index is 1.99. The van der Waals surface area contributed by atoms with Crippen molar-refractivity contribution in [2.24, 2.45) is 5.73 Å². The van der Waals surface area contributed by atoms with Crippen molar-refractivity contribution in [2.45, 2.75) is 19.6 Å². The Morgan fingerprint density at radius 3 is 2.33 bits per heavy atom. The number of nitrogens with zero attached hydrogens (tertiary/aromatic N) is 1. The van der Waals surface area contributed by atoms with Gasteiger partial charge in [-0.25, -0.2) is 0 Å². The highest BCUT2D eigenvalue weighted by Gasteiger charge is 2.29. The van der Waals surface area contributed by atoms with Crippen molar-refractivity contribution in [1.82, 2.24) is 4.57 Å². The zero-order chi connectivity index (χ0) is 17.5. The Morgan fingerprint density at radius 2 is 1.75 bits per heavy atom. The smallest absolute Gasteiger partial charge is 0.399 e. The fourth-order valence-corrected chi connectivity index (χ4v) is 2.78. The van der Waals surface area contributed by atoms with Gasteiger partial charge < -0.3 is 10.3 Å². The molecule has 24 heavy (non-hydrogen) atoms. The van der Waals surface area contributed by atoms with Gasteiger partial charge in [0.1, 0.15) is 0 Å². The van der Waals surface area contributed by atoms with Crippen LogP contribution in [0.25, 0.3) is 16.6 Å². The highest BCUT2D eigenvalue weighted by molar-refractivity contribution is 5.84. The standard InChI is InChI=1S/C19H17F3N2/c1-12-9-16-6-5-15(13(2)23)10-18(16)24(12)11-14-3-7-17(8-4-14)19(20,21)22/h3-10H,2,11,23H2,1H3. The number of benzene rings is 2. The minimum absolute atomic E-state index is 0.483. The Labute approximate surface area is 138 Å². The zero-order valence-corrected chi connectivity index (χ0v) is 13.2.